The Kier molecular flexibility index (Phi) is 5.43. The van der Waals surface area contributed by atoms with Crippen LogP contribution in [0.3, 0.4) is 0 Å². The number of nitrogen functional groups attached to an aromatic ring is 1. The number of nitrogens with zero attached hydrogens (tertiary/aromatic N) is 2. The Labute approximate surface area is 128 Å². The van der Waals surface area contributed by atoms with Crippen LogP contribution in [0.25, 0.3) is 0 Å². The van der Waals surface area contributed by atoms with Crippen molar-refractivity contribution in [3.8, 4) is 0 Å². The van der Waals surface area contributed by atoms with Crippen molar-refractivity contribution >= 4 is 5.82 Å². The summed E-state index contributed by atoms with van der Waals surface area (Å²) in [6.45, 7) is 7.58. The minimum Gasteiger partial charge on any atom is -0.384 e. The maximum atomic E-state index is 6.35. The highest BCUT2D eigenvalue weighted by Gasteiger charge is 2.16. The first kappa shape index (κ1) is 15.6. The van der Waals surface area contributed by atoms with Gasteiger partial charge < -0.3 is 10.3 Å². The largest absolute Gasteiger partial charge is 0.384 e. The molecule has 1 aromatic heterocycles. The molecular weight excluding hydrogens is 258 g/mol. The van der Waals surface area contributed by atoms with Crippen molar-refractivity contribution in [1.29, 1.82) is 0 Å². The van der Waals surface area contributed by atoms with Gasteiger partial charge in [0, 0.05) is 13.0 Å². The molecule has 0 saturated heterocycles. The Morgan fingerprint density at radius 3 is 2.48 bits per heavy atom. The van der Waals surface area contributed by atoms with Crippen molar-refractivity contribution in [3.63, 3.8) is 0 Å². The van der Waals surface area contributed by atoms with Crippen LogP contribution >= 0.6 is 0 Å². The molecule has 2 N–H and O–H groups in total. The molecule has 3 nitrogen and oxygen atoms in total. The summed E-state index contributed by atoms with van der Waals surface area (Å²) in [5, 5.41) is 0. The van der Waals surface area contributed by atoms with Crippen LogP contribution < -0.4 is 5.73 Å². The van der Waals surface area contributed by atoms with Crippen molar-refractivity contribution in [3.05, 3.63) is 47.4 Å². The first-order valence-corrected chi connectivity index (χ1v) is 8.06. The zero-order valence-electron chi connectivity index (χ0n) is 13.5. The third-order valence-electron chi connectivity index (χ3n) is 3.95. The number of benzene rings is 1. The van der Waals surface area contributed by atoms with Gasteiger partial charge in [0.05, 0.1) is 5.69 Å². The number of rotatable bonds is 7. The van der Waals surface area contributed by atoms with E-state index in [0.29, 0.717) is 5.92 Å². The van der Waals surface area contributed by atoms with E-state index < -0.39 is 0 Å². The molecule has 1 atom stereocenters. The number of anilines is 1. The van der Waals surface area contributed by atoms with Gasteiger partial charge in [-0.2, -0.15) is 0 Å². The van der Waals surface area contributed by atoms with Crippen LogP contribution in [0.2, 0.25) is 0 Å². The van der Waals surface area contributed by atoms with Crippen LogP contribution in [-0.4, -0.2) is 9.55 Å². The Bertz CT molecular complexity index is 557. The molecule has 3 heteroatoms. The average Bonchev–Trinajstić information content (AvgIpc) is 2.78. The van der Waals surface area contributed by atoms with Gasteiger partial charge in [-0.1, -0.05) is 51.1 Å². The van der Waals surface area contributed by atoms with Gasteiger partial charge in [-0.25, -0.2) is 4.98 Å². The van der Waals surface area contributed by atoms with Gasteiger partial charge in [-0.05, 0) is 30.7 Å². The average molecular weight is 285 g/mol. The van der Waals surface area contributed by atoms with Crippen LogP contribution in [0.4, 0.5) is 5.82 Å². The first-order chi connectivity index (χ1) is 10.2. The monoisotopic (exact) mass is 285 g/mol. The van der Waals surface area contributed by atoms with Crippen molar-refractivity contribution < 1.29 is 0 Å². The van der Waals surface area contributed by atoms with E-state index in [1.165, 1.54) is 5.56 Å². The smallest absolute Gasteiger partial charge is 0.126 e. The van der Waals surface area contributed by atoms with Crippen molar-refractivity contribution in [2.75, 3.05) is 5.73 Å². The summed E-state index contributed by atoms with van der Waals surface area (Å²) in [5.41, 5.74) is 8.75. The lowest BCUT2D eigenvalue weighted by atomic mass is 9.96. The molecule has 21 heavy (non-hydrogen) atoms. The Hall–Kier alpha value is -1.77. The highest BCUT2D eigenvalue weighted by Crippen LogP contribution is 2.24. The molecule has 0 aliphatic rings. The molecule has 1 unspecified atom stereocenters. The lowest BCUT2D eigenvalue weighted by Gasteiger charge is -2.11. The maximum Gasteiger partial charge on any atom is 0.126 e. The summed E-state index contributed by atoms with van der Waals surface area (Å²) < 4.78 is 2.20. The van der Waals surface area contributed by atoms with Crippen LogP contribution in [-0.2, 0) is 19.4 Å². The molecule has 0 fully saturated rings. The van der Waals surface area contributed by atoms with E-state index in [9.17, 15) is 0 Å². The molecule has 114 valence electrons. The van der Waals surface area contributed by atoms with Crippen LogP contribution in [0, 0.1) is 0 Å². The van der Waals surface area contributed by atoms with Crippen LogP contribution in [0.5, 0.6) is 0 Å². The number of imidazole rings is 1. The number of aromatic nitrogens is 2. The predicted molar refractivity (Wildman–Crippen MR) is 89.5 cm³/mol. The van der Waals surface area contributed by atoms with Gasteiger partial charge in [0.1, 0.15) is 11.6 Å². The Balaban J connectivity index is 2.21. The fraction of sp³-hybridized carbons (Fsp3) is 0.500. The number of hydrogen-bond acceptors (Lipinski definition) is 2. The summed E-state index contributed by atoms with van der Waals surface area (Å²) >= 11 is 0. The van der Waals surface area contributed by atoms with Crippen molar-refractivity contribution in [2.24, 2.45) is 0 Å². The van der Waals surface area contributed by atoms with E-state index >= 15 is 0 Å². The molecule has 0 spiro atoms. The highest BCUT2D eigenvalue weighted by atomic mass is 15.1. The normalized spacial score (nSPS) is 12.5. The highest BCUT2D eigenvalue weighted by molar-refractivity contribution is 5.40. The summed E-state index contributed by atoms with van der Waals surface area (Å²) in [7, 11) is 0. The molecule has 0 bridgehead atoms. The van der Waals surface area contributed by atoms with Gasteiger partial charge >= 0.3 is 0 Å². The molecule has 0 amide bonds. The first-order valence-electron chi connectivity index (χ1n) is 8.06. The second kappa shape index (κ2) is 7.30. The summed E-state index contributed by atoms with van der Waals surface area (Å²) in [6.07, 6.45) is 4.10. The molecule has 1 heterocycles. The van der Waals surface area contributed by atoms with Crippen molar-refractivity contribution in [1.82, 2.24) is 9.55 Å². The quantitative estimate of drug-likeness (QED) is 0.829. The number of aryl methyl sites for hydroxylation is 1. The molecule has 2 rings (SSSR count). The van der Waals surface area contributed by atoms with Crippen LogP contribution in [0.1, 0.15) is 56.6 Å². The maximum absolute atomic E-state index is 6.35. The summed E-state index contributed by atoms with van der Waals surface area (Å²) in [4.78, 5) is 4.82. The Morgan fingerprint density at radius 2 is 1.86 bits per heavy atom. The lowest BCUT2D eigenvalue weighted by molar-refractivity contribution is 0.637. The molecular formula is C18H27N3. The van der Waals surface area contributed by atoms with Gasteiger partial charge in [-0.15, -0.1) is 0 Å². The van der Waals surface area contributed by atoms with Gasteiger partial charge in [-0.3, -0.25) is 0 Å². The van der Waals surface area contributed by atoms with Gasteiger partial charge in [0.15, 0.2) is 0 Å². The van der Waals surface area contributed by atoms with E-state index in [0.717, 1.165) is 49.6 Å². The topological polar surface area (TPSA) is 43.8 Å². The summed E-state index contributed by atoms with van der Waals surface area (Å²) in [6, 6.07) is 10.6. The molecule has 0 saturated carbocycles. The predicted octanol–water partition coefficient (Wildman–Crippen LogP) is 4.17. The fourth-order valence-corrected chi connectivity index (χ4v) is 2.80. The second-order valence-electron chi connectivity index (χ2n) is 5.78. The fourth-order valence-electron chi connectivity index (χ4n) is 2.80. The molecule has 2 aromatic rings. The van der Waals surface area contributed by atoms with E-state index in [-0.39, 0.29) is 0 Å². The molecule has 0 aliphatic carbocycles. The van der Waals surface area contributed by atoms with Crippen LogP contribution in [0.15, 0.2) is 30.3 Å². The lowest BCUT2D eigenvalue weighted by Crippen LogP contribution is -2.07. The Morgan fingerprint density at radius 1 is 1.14 bits per heavy atom. The van der Waals surface area contributed by atoms with Gasteiger partial charge in [0.25, 0.3) is 0 Å². The third-order valence-corrected chi connectivity index (χ3v) is 3.95. The molecule has 0 radical (unpaired) electrons. The second-order valence-corrected chi connectivity index (χ2v) is 5.78. The summed E-state index contributed by atoms with van der Waals surface area (Å²) in [5.74, 6) is 2.45. The minimum atomic E-state index is 0.438. The minimum absolute atomic E-state index is 0.438. The van der Waals surface area contributed by atoms with Crippen molar-refractivity contribution in [2.45, 2.75) is 58.9 Å². The third kappa shape index (κ3) is 3.66. The molecule has 0 aliphatic heterocycles. The zero-order chi connectivity index (χ0) is 15.2. The zero-order valence-corrected chi connectivity index (χ0v) is 13.5. The standard InChI is InChI=1S/C18H27N3/c1-4-9-17-20-16(18(19)21(17)12-5-2)13-14(3)15-10-7-6-8-11-15/h6-8,10-11,14H,4-5,9,12-13,19H2,1-3H3. The van der Waals surface area contributed by atoms with E-state index in [1.807, 2.05) is 0 Å². The molecule has 1 aromatic carbocycles. The van der Waals surface area contributed by atoms with E-state index in [4.69, 9.17) is 10.7 Å². The number of hydrogen-bond donors (Lipinski definition) is 1. The number of nitrogens with two attached hydrogens (primary N) is 1. The van der Waals surface area contributed by atoms with E-state index in [1.54, 1.807) is 0 Å². The van der Waals surface area contributed by atoms with E-state index in [2.05, 4.69) is 55.7 Å². The van der Waals surface area contributed by atoms with Gasteiger partial charge in [0.2, 0.25) is 0 Å². The SMILES string of the molecule is CCCc1nc(CC(C)c2ccccc2)c(N)n1CCC.